The second-order valence-corrected chi connectivity index (χ2v) is 9.61. The van der Waals surface area contributed by atoms with Gasteiger partial charge in [-0.25, -0.2) is 8.42 Å². The smallest absolute Gasteiger partial charge is 0.257 e. The number of amides is 1. The third kappa shape index (κ3) is 5.72. The molecule has 1 amide bonds. The van der Waals surface area contributed by atoms with Gasteiger partial charge in [-0.1, -0.05) is 11.6 Å². The SMILES string of the molecule is Cn1cc(C(=O)Nc2cc(Cl)cc(NS(C)(=O)=O)c2)cc1-c1ncccc1Oc1cccnc1. The number of halogens is 1. The number of nitrogens with zero attached hydrogens (tertiary/aromatic N) is 3. The minimum Gasteiger partial charge on any atom is -0.453 e. The molecular formula is C23H20ClN5O4S. The van der Waals surface area contributed by atoms with Gasteiger partial charge in [-0.15, -0.1) is 0 Å². The number of pyridine rings is 2. The molecule has 0 atom stereocenters. The summed E-state index contributed by atoms with van der Waals surface area (Å²) in [5.41, 5.74) is 2.16. The van der Waals surface area contributed by atoms with Crippen molar-refractivity contribution in [1.29, 1.82) is 0 Å². The number of rotatable bonds is 7. The summed E-state index contributed by atoms with van der Waals surface area (Å²) in [5, 5.41) is 3.01. The number of aromatic nitrogens is 3. The van der Waals surface area contributed by atoms with Gasteiger partial charge in [-0.05, 0) is 48.5 Å². The Hall–Kier alpha value is -3.89. The van der Waals surface area contributed by atoms with Crippen molar-refractivity contribution in [1.82, 2.24) is 14.5 Å². The lowest BCUT2D eigenvalue weighted by atomic mass is 10.2. The van der Waals surface area contributed by atoms with Crippen LogP contribution >= 0.6 is 11.6 Å². The molecule has 4 rings (SSSR count). The molecule has 0 spiro atoms. The van der Waals surface area contributed by atoms with E-state index in [0.717, 1.165) is 6.26 Å². The summed E-state index contributed by atoms with van der Waals surface area (Å²) in [4.78, 5) is 21.4. The van der Waals surface area contributed by atoms with Crippen molar-refractivity contribution in [3.05, 3.63) is 83.9 Å². The van der Waals surface area contributed by atoms with E-state index < -0.39 is 15.9 Å². The van der Waals surface area contributed by atoms with Crippen LogP contribution in [0.4, 0.5) is 11.4 Å². The summed E-state index contributed by atoms with van der Waals surface area (Å²) < 4.78 is 33.1. The highest BCUT2D eigenvalue weighted by Gasteiger charge is 2.17. The molecule has 3 heterocycles. The highest BCUT2D eigenvalue weighted by molar-refractivity contribution is 7.92. The Morgan fingerprint density at radius 3 is 2.59 bits per heavy atom. The first-order valence-corrected chi connectivity index (χ1v) is 12.2. The quantitative estimate of drug-likeness (QED) is 0.387. The van der Waals surface area contributed by atoms with Gasteiger partial charge < -0.3 is 14.6 Å². The third-order valence-corrected chi connectivity index (χ3v) is 5.43. The summed E-state index contributed by atoms with van der Waals surface area (Å²) >= 11 is 6.08. The van der Waals surface area contributed by atoms with Gasteiger partial charge in [0.1, 0.15) is 11.4 Å². The van der Waals surface area contributed by atoms with Crippen LogP contribution in [0.15, 0.2) is 73.3 Å². The second-order valence-electron chi connectivity index (χ2n) is 7.42. The Morgan fingerprint density at radius 1 is 1.09 bits per heavy atom. The monoisotopic (exact) mass is 497 g/mol. The van der Waals surface area contributed by atoms with E-state index >= 15 is 0 Å². The van der Waals surface area contributed by atoms with Crippen LogP contribution in [0.1, 0.15) is 10.4 Å². The van der Waals surface area contributed by atoms with Gasteiger partial charge in [-0.3, -0.25) is 19.5 Å². The Kier molecular flexibility index (Phi) is 6.53. The summed E-state index contributed by atoms with van der Waals surface area (Å²) in [5.74, 6) is 0.665. The number of anilines is 2. The lowest BCUT2D eigenvalue weighted by molar-refractivity contribution is 0.102. The number of hydrogen-bond acceptors (Lipinski definition) is 6. The summed E-state index contributed by atoms with van der Waals surface area (Å²) in [6.07, 6.45) is 7.58. The molecular weight excluding hydrogens is 478 g/mol. The van der Waals surface area contributed by atoms with Crippen molar-refractivity contribution in [2.75, 3.05) is 16.3 Å². The number of ether oxygens (including phenoxy) is 1. The lowest BCUT2D eigenvalue weighted by Crippen LogP contribution is -2.13. The molecule has 0 aliphatic heterocycles. The van der Waals surface area contributed by atoms with Gasteiger partial charge in [0, 0.05) is 36.3 Å². The van der Waals surface area contributed by atoms with E-state index in [4.69, 9.17) is 16.3 Å². The molecule has 0 aliphatic carbocycles. The molecule has 0 saturated heterocycles. The third-order valence-electron chi connectivity index (χ3n) is 4.60. The number of carbonyl (C=O) groups excluding carboxylic acids is 1. The van der Waals surface area contributed by atoms with E-state index in [2.05, 4.69) is 20.0 Å². The average molecular weight is 498 g/mol. The zero-order valence-electron chi connectivity index (χ0n) is 18.2. The van der Waals surface area contributed by atoms with E-state index in [9.17, 15) is 13.2 Å². The molecule has 0 radical (unpaired) electrons. The van der Waals surface area contributed by atoms with Gasteiger partial charge in [-0.2, -0.15) is 0 Å². The molecule has 0 fully saturated rings. The van der Waals surface area contributed by atoms with Gasteiger partial charge in [0.15, 0.2) is 5.75 Å². The molecule has 3 aromatic heterocycles. The van der Waals surface area contributed by atoms with Crippen molar-refractivity contribution in [3.8, 4) is 22.9 Å². The Labute approximate surface area is 201 Å². The first-order valence-electron chi connectivity index (χ1n) is 9.97. The molecule has 174 valence electrons. The molecule has 11 heteroatoms. The maximum absolute atomic E-state index is 12.9. The van der Waals surface area contributed by atoms with Crippen LogP contribution in [0.5, 0.6) is 11.5 Å². The first kappa shape index (κ1) is 23.3. The molecule has 9 nitrogen and oxygen atoms in total. The fourth-order valence-corrected chi connectivity index (χ4v) is 4.04. The molecule has 0 aliphatic rings. The number of carbonyl (C=O) groups is 1. The maximum Gasteiger partial charge on any atom is 0.257 e. The molecule has 0 saturated carbocycles. The average Bonchev–Trinajstić information content (AvgIpc) is 3.15. The van der Waals surface area contributed by atoms with E-state index in [-0.39, 0.29) is 10.7 Å². The normalized spacial score (nSPS) is 11.1. The molecule has 0 bridgehead atoms. The van der Waals surface area contributed by atoms with Crippen LogP contribution in [0, 0.1) is 0 Å². The highest BCUT2D eigenvalue weighted by atomic mass is 35.5. The minimum absolute atomic E-state index is 0.240. The predicted molar refractivity (Wildman–Crippen MR) is 131 cm³/mol. The number of nitrogens with one attached hydrogen (secondary N) is 2. The Balaban J connectivity index is 1.59. The fourth-order valence-electron chi connectivity index (χ4n) is 3.26. The van der Waals surface area contributed by atoms with Crippen molar-refractivity contribution < 1.29 is 17.9 Å². The van der Waals surface area contributed by atoms with Crippen molar-refractivity contribution in [3.63, 3.8) is 0 Å². The number of sulfonamides is 1. The van der Waals surface area contributed by atoms with E-state index in [1.54, 1.807) is 66.7 Å². The second kappa shape index (κ2) is 9.54. The summed E-state index contributed by atoms with van der Waals surface area (Å²) in [7, 11) is -1.70. The van der Waals surface area contributed by atoms with Crippen molar-refractivity contribution in [2.24, 2.45) is 7.05 Å². The van der Waals surface area contributed by atoms with Crippen LogP contribution in [-0.4, -0.2) is 35.1 Å². The molecule has 0 unspecified atom stereocenters. The summed E-state index contributed by atoms with van der Waals surface area (Å²) in [6, 6.07) is 13.2. The van der Waals surface area contributed by atoms with E-state index in [1.165, 1.54) is 18.2 Å². The largest absolute Gasteiger partial charge is 0.453 e. The standard InChI is InChI=1S/C23H20ClN5O4S/c1-29-14-15(23(30)27-17-10-16(24)11-18(12-17)28-34(2,31)32)9-20(29)22-21(6-4-8-26-22)33-19-5-3-7-25-13-19/h3-14,28H,1-2H3,(H,27,30). The minimum atomic E-state index is -3.50. The Morgan fingerprint density at radius 2 is 1.85 bits per heavy atom. The van der Waals surface area contributed by atoms with Crippen LogP contribution in [0.25, 0.3) is 11.4 Å². The maximum atomic E-state index is 12.9. The predicted octanol–water partition coefficient (Wildman–Crippen LogP) is 4.55. The fraction of sp³-hybridized carbons (Fsp3) is 0.0870. The van der Waals surface area contributed by atoms with E-state index in [0.29, 0.717) is 34.1 Å². The van der Waals surface area contributed by atoms with Crippen LogP contribution in [0.3, 0.4) is 0 Å². The zero-order valence-corrected chi connectivity index (χ0v) is 19.8. The first-order chi connectivity index (χ1) is 16.2. The highest BCUT2D eigenvalue weighted by Crippen LogP contribution is 2.32. The summed E-state index contributed by atoms with van der Waals surface area (Å²) in [6.45, 7) is 0. The van der Waals surface area contributed by atoms with Crippen LogP contribution in [-0.2, 0) is 17.1 Å². The van der Waals surface area contributed by atoms with Crippen molar-refractivity contribution >= 4 is 38.9 Å². The van der Waals surface area contributed by atoms with Crippen LogP contribution in [0.2, 0.25) is 5.02 Å². The zero-order chi connectivity index (χ0) is 24.3. The molecule has 34 heavy (non-hydrogen) atoms. The van der Waals surface area contributed by atoms with E-state index in [1.807, 2.05) is 0 Å². The van der Waals surface area contributed by atoms with Gasteiger partial charge in [0.2, 0.25) is 10.0 Å². The van der Waals surface area contributed by atoms with Crippen LogP contribution < -0.4 is 14.8 Å². The number of benzene rings is 1. The molecule has 2 N–H and O–H groups in total. The number of aryl methyl sites for hydroxylation is 1. The molecule has 1 aromatic carbocycles. The van der Waals surface area contributed by atoms with Gasteiger partial charge in [0.25, 0.3) is 5.91 Å². The number of hydrogen-bond donors (Lipinski definition) is 2. The van der Waals surface area contributed by atoms with Gasteiger partial charge >= 0.3 is 0 Å². The van der Waals surface area contributed by atoms with Crippen molar-refractivity contribution in [2.45, 2.75) is 0 Å². The molecule has 4 aromatic rings. The van der Waals surface area contributed by atoms with Gasteiger partial charge in [0.05, 0.1) is 29.4 Å². The lowest BCUT2D eigenvalue weighted by Gasteiger charge is -2.10. The Bertz CT molecular complexity index is 1460. The topological polar surface area (TPSA) is 115 Å².